The number of hydrogen-bond donors (Lipinski definition) is 0. The lowest BCUT2D eigenvalue weighted by Crippen LogP contribution is -2.40. The molecule has 0 amide bonds. The Morgan fingerprint density at radius 2 is 1.76 bits per heavy atom. The van der Waals surface area contributed by atoms with Crippen molar-refractivity contribution in [1.82, 2.24) is 4.57 Å². The third kappa shape index (κ3) is 7.34. The van der Waals surface area contributed by atoms with Gasteiger partial charge in [-0.2, -0.15) is 0 Å². The molecule has 0 bridgehead atoms. The summed E-state index contributed by atoms with van der Waals surface area (Å²) in [7, 11) is 4.41. The van der Waals surface area contributed by atoms with E-state index in [0.717, 1.165) is 16.9 Å². The van der Waals surface area contributed by atoms with Gasteiger partial charge in [0, 0.05) is 12.7 Å². The molecule has 0 radical (unpaired) electrons. The molecule has 13 nitrogen and oxygen atoms in total. The van der Waals surface area contributed by atoms with E-state index < -0.39 is 22.5 Å². The molecule has 4 aromatic rings. The van der Waals surface area contributed by atoms with Gasteiger partial charge in [-0.15, -0.1) is 0 Å². The summed E-state index contributed by atoms with van der Waals surface area (Å²) in [5, 5.41) is 12.3. The lowest BCUT2D eigenvalue weighted by molar-refractivity contribution is -0.385. The molecular weight excluding hydrogens is 654 g/mol. The third-order valence-corrected chi connectivity index (χ3v) is 8.59. The minimum absolute atomic E-state index is 0.0176. The van der Waals surface area contributed by atoms with Crippen molar-refractivity contribution in [3.63, 3.8) is 0 Å². The second kappa shape index (κ2) is 15.6. The van der Waals surface area contributed by atoms with E-state index in [0.29, 0.717) is 22.8 Å². The van der Waals surface area contributed by atoms with Crippen molar-refractivity contribution in [2.45, 2.75) is 26.5 Å². The number of carbonyl (C=O) groups excluding carboxylic acids is 1. The van der Waals surface area contributed by atoms with Crippen LogP contribution in [0.2, 0.25) is 0 Å². The number of ether oxygens (including phenoxy) is 6. The smallest absolute Gasteiger partial charge is 0.338 e. The molecule has 1 atom stereocenters. The normalized spacial score (nSPS) is 14.1. The number of rotatable bonds is 14. The molecule has 0 N–H and O–H groups in total. The average molecular weight is 690 g/mol. The third-order valence-electron chi connectivity index (χ3n) is 7.61. The quantitative estimate of drug-likeness (QED) is 0.0811. The summed E-state index contributed by atoms with van der Waals surface area (Å²) in [6.45, 7) is 4.06. The van der Waals surface area contributed by atoms with Crippen molar-refractivity contribution in [3.8, 4) is 23.0 Å². The number of thiazole rings is 1. The van der Waals surface area contributed by atoms with Crippen molar-refractivity contribution in [3.05, 3.63) is 118 Å². The minimum atomic E-state index is -1.02. The molecule has 0 aliphatic carbocycles. The molecule has 2 heterocycles. The van der Waals surface area contributed by atoms with Gasteiger partial charge < -0.3 is 28.4 Å². The number of benzene rings is 3. The van der Waals surface area contributed by atoms with Crippen LogP contribution in [0, 0.1) is 10.1 Å². The molecule has 1 aromatic heterocycles. The number of hydrogen-bond acceptors (Lipinski definition) is 12. The number of aromatic nitrogens is 1. The molecule has 0 unspecified atom stereocenters. The highest BCUT2D eigenvalue weighted by Crippen LogP contribution is 2.41. The molecule has 49 heavy (non-hydrogen) atoms. The van der Waals surface area contributed by atoms with Gasteiger partial charge in [0.25, 0.3) is 11.2 Å². The number of fused-ring (bicyclic) bond motifs is 1. The van der Waals surface area contributed by atoms with Crippen molar-refractivity contribution >= 4 is 29.1 Å². The summed E-state index contributed by atoms with van der Waals surface area (Å²) in [5.41, 5.74) is 1.07. The molecule has 1 aliphatic heterocycles. The van der Waals surface area contributed by atoms with Gasteiger partial charge in [-0.05, 0) is 37.6 Å². The molecule has 3 aromatic carbocycles. The fourth-order valence-corrected chi connectivity index (χ4v) is 6.41. The summed E-state index contributed by atoms with van der Waals surface area (Å²) in [4.78, 5) is 44.5. The van der Waals surface area contributed by atoms with E-state index in [1.54, 1.807) is 25.1 Å². The van der Waals surface area contributed by atoms with Gasteiger partial charge in [0.1, 0.15) is 19.3 Å². The van der Waals surface area contributed by atoms with Crippen LogP contribution >= 0.6 is 11.3 Å². The number of nitro benzene ring substituents is 1. The molecule has 0 fully saturated rings. The van der Waals surface area contributed by atoms with Crippen LogP contribution in [0.5, 0.6) is 23.0 Å². The predicted octanol–water partition coefficient (Wildman–Crippen LogP) is 4.33. The highest BCUT2D eigenvalue weighted by atomic mass is 32.1. The summed E-state index contributed by atoms with van der Waals surface area (Å²) in [6, 6.07) is 16.2. The maximum absolute atomic E-state index is 14.3. The molecule has 0 spiro atoms. The van der Waals surface area contributed by atoms with Crippen molar-refractivity contribution in [1.29, 1.82) is 0 Å². The van der Waals surface area contributed by atoms with E-state index in [9.17, 15) is 19.7 Å². The SMILES string of the molecule is CCOc1c(OC)cccc1[C@@H]1C(C(=O)OCCOC)=C(C)N=c2s/c(=C/c3cc(OC)c(OCc4ccccc4)cc3[N+](=O)[O-])c(=O)n21. The number of carbonyl (C=O) groups is 1. The molecule has 5 rings (SSSR count). The first-order valence-corrected chi connectivity index (χ1v) is 16.0. The van der Waals surface area contributed by atoms with Crippen LogP contribution in [0.4, 0.5) is 5.69 Å². The summed E-state index contributed by atoms with van der Waals surface area (Å²) < 4.78 is 35.0. The van der Waals surface area contributed by atoms with Gasteiger partial charge in [-0.3, -0.25) is 19.5 Å². The Labute approximate surface area is 285 Å². The minimum Gasteiger partial charge on any atom is -0.493 e. The van der Waals surface area contributed by atoms with Crippen LogP contribution in [0.25, 0.3) is 6.08 Å². The van der Waals surface area contributed by atoms with E-state index in [4.69, 9.17) is 28.4 Å². The summed E-state index contributed by atoms with van der Waals surface area (Å²) >= 11 is 1.02. The number of methoxy groups -OCH3 is 3. The van der Waals surface area contributed by atoms with Crippen LogP contribution in [-0.4, -0.2) is 56.6 Å². The van der Waals surface area contributed by atoms with Gasteiger partial charge in [0.05, 0.1) is 59.8 Å². The van der Waals surface area contributed by atoms with Crippen molar-refractivity contribution in [2.24, 2.45) is 4.99 Å². The van der Waals surface area contributed by atoms with Gasteiger partial charge in [0.2, 0.25) is 0 Å². The molecule has 1 aliphatic rings. The van der Waals surface area contributed by atoms with Gasteiger partial charge in [-0.25, -0.2) is 9.79 Å². The zero-order valence-corrected chi connectivity index (χ0v) is 28.4. The molecule has 14 heteroatoms. The maximum Gasteiger partial charge on any atom is 0.338 e. The zero-order valence-electron chi connectivity index (χ0n) is 27.6. The Morgan fingerprint density at radius 3 is 2.43 bits per heavy atom. The molecular formula is C35H35N3O10S. The highest BCUT2D eigenvalue weighted by Gasteiger charge is 2.36. The van der Waals surface area contributed by atoms with Gasteiger partial charge >= 0.3 is 5.97 Å². The molecule has 0 saturated heterocycles. The van der Waals surface area contributed by atoms with Gasteiger partial charge in [-0.1, -0.05) is 53.8 Å². The lowest BCUT2D eigenvalue weighted by Gasteiger charge is -2.27. The zero-order chi connectivity index (χ0) is 35.1. The summed E-state index contributed by atoms with van der Waals surface area (Å²) in [5.74, 6) is 0.476. The van der Waals surface area contributed by atoms with Gasteiger partial charge in [0.15, 0.2) is 27.8 Å². The second-order valence-corrected chi connectivity index (χ2v) is 11.6. The molecule has 256 valence electrons. The Balaban J connectivity index is 1.68. The first-order chi connectivity index (χ1) is 23.7. The van der Waals surface area contributed by atoms with E-state index in [2.05, 4.69) is 4.99 Å². The fraction of sp³-hybridized carbons (Fsp3) is 0.286. The van der Waals surface area contributed by atoms with Crippen LogP contribution < -0.4 is 33.8 Å². The first kappa shape index (κ1) is 34.9. The Hall–Kier alpha value is -5.47. The monoisotopic (exact) mass is 689 g/mol. The Kier molecular flexibility index (Phi) is 11.1. The van der Waals surface area contributed by atoms with Crippen molar-refractivity contribution < 1.29 is 38.1 Å². The van der Waals surface area contributed by atoms with Crippen molar-refractivity contribution in [2.75, 3.05) is 41.2 Å². The maximum atomic E-state index is 14.3. The summed E-state index contributed by atoms with van der Waals surface area (Å²) in [6.07, 6.45) is 1.41. The average Bonchev–Trinajstić information content (AvgIpc) is 3.40. The fourth-order valence-electron chi connectivity index (χ4n) is 5.37. The number of allylic oxidation sites excluding steroid dienone is 1. The number of esters is 1. The van der Waals surface area contributed by atoms with Crippen LogP contribution in [0.15, 0.2) is 81.7 Å². The van der Waals surface area contributed by atoms with E-state index in [1.807, 2.05) is 37.3 Å². The Bertz CT molecular complexity index is 2070. The Morgan fingerprint density at radius 1 is 1.00 bits per heavy atom. The van der Waals surface area contributed by atoms with Crippen LogP contribution in [-0.2, 0) is 20.9 Å². The highest BCUT2D eigenvalue weighted by molar-refractivity contribution is 7.07. The first-order valence-electron chi connectivity index (χ1n) is 15.2. The topological polar surface area (TPSA) is 150 Å². The largest absolute Gasteiger partial charge is 0.493 e. The number of nitro groups is 1. The van der Waals surface area contributed by atoms with E-state index in [1.165, 1.54) is 44.1 Å². The predicted molar refractivity (Wildman–Crippen MR) is 181 cm³/mol. The second-order valence-electron chi connectivity index (χ2n) is 10.6. The molecule has 0 saturated carbocycles. The van der Waals surface area contributed by atoms with Crippen LogP contribution in [0.1, 0.15) is 36.6 Å². The standard InChI is InChI=1S/C35H35N3O10S/c1-6-46-32-24(13-10-14-26(32)44-4)31-30(34(40)47-16-15-43-3)21(2)36-35-37(31)33(39)29(49-35)18-23-17-27(45-5)28(19-25(23)38(41)42)48-20-22-11-8-7-9-12-22/h7-14,17-19,31H,6,15-16,20H2,1-5H3/b29-18+/t31-/m1/s1. The number of nitrogens with zero attached hydrogens (tertiary/aromatic N) is 3. The number of para-hydroxylation sites is 1. The van der Waals surface area contributed by atoms with E-state index in [-0.39, 0.29) is 64.1 Å². The van der Waals surface area contributed by atoms with Crippen LogP contribution in [0.3, 0.4) is 0 Å². The lowest BCUT2D eigenvalue weighted by atomic mass is 9.94. The van der Waals surface area contributed by atoms with E-state index >= 15 is 0 Å².